The first-order valence-electron chi connectivity index (χ1n) is 15.3. The molecule has 2 fully saturated rings. The SMILES string of the molecule is Cc1ccc(-c2c3ccc(N4CCCCC4)cc3c(-c3ccc(C)cc3)c3ccc(N4CCCCC4)cc23)cc1. The van der Waals surface area contributed by atoms with Crippen LogP contribution in [0.3, 0.4) is 0 Å². The Morgan fingerprint density at radius 1 is 0.400 bits per heavy atom. The predicted molar refractivity (Wildman–Crippen MR) is 174 cm³/mol. The molecule has 0 spiro atoms. The number of benzene rings is 5. The maximum absolute atomic E-state index is 2.59. The molecule has 2 heteroatoms. The van der Waals surface area contributed by atoms with Gasteiger partial charge >= 0.3 is 0 Å². The van der Waals surface area contributed by atoms with E-state index in [-0.39, 0.29) is 0 Å². The molecule has 5 aromatic carbocycles. The summed E-state index contributed by atoms with van der Waals surface area (Å²) in [6, 6.07) is 32.9. The van der Waals surface area contributed by atoms with Crippen molar-refractivity contribution in [3.63, 3.8) is 0 Å². The molecule has 2 aliphatic rings. The maximum atomic E-state index is 2.59. The fourth-order valence-corrected chi connectivity index (χ4v) is 6.96. The first-order chi connectivity index (χ1) is 19.7. The minimum Gasteiger partial charge on any atom is -0.372 e. The second-order valence-electron chi connectivity index (χ2n) is 12.0. The third-order valence-corrected chi connectivity index (χ3v) is 9.21. The minimum absolute atomic E-state index is 1.16. The first-order valence-corrected chi connectivity index (χ1v) is 15.3. The van der Waals surface area contributed by atoms with Gasteiger partial charge in [-0.25, -0.2) is 0 Å². The van der Waals surface area contributed by atoms with Crippen molar-refractivity contribution in [1.29, 1.82) is 0 Å². The van der Waals surface area contributed by atoms with E-state index in [0.717, 1.165) is 26.2 Å². The molecule has 7 rings (SSSR count). The van der Waals surface area contributed by atoms with Gasteiger partial charge < -0.3 is 9.80 Å². The molecule has 5 aromatic rings. The van der Waals surface area contributed by atoms with Crippen molar-refractivity contribution >= 4 is 32.9 Å². The van der Waals surface area contributed by atoms with Crippen LogP contribution in [0, 0.1) is 13.8 Å². The van der Waals surface area contributed by atoms with Crippen molar-refractivity contribution in [3.05, 3.63) is 96.1 Å². The summed E-state index contributed by atoms with van der Waals surface area (Å²) in [5, 5.41) is 5.42. The fourth-order valence-electron chi connectivity index (χ4n) is 6.96. The number of nitrogens with zero attached hydrogens (tertiary/aromatic N) is 2. The molecule has 0 bridgehead atoms. The van der Waals surface area contributed by atoms with Gasteiger partial charge in [0.1, 0.15) is 0 Å². The van der Waals surface area contributed by atoms with E-state index in [1.54, 1.807) is 0 Å². The largest absolute Gasteiger partial charge is 0.372 e. The summed E-state index contributed by atoms with van der Waals surface area (Å²) in [5.41, 5.74) is 10.7. The molecule has 0 saturated carbocycles. The standard InChI is InChI=1S/C38H40N2/c1-27-9-13-29(14-10-27)37-33-19-17-32(40-23-7-4-8-24-40)26-36(33)38(30-15-11-28(2)12-16-30)34-20-18-31(25-35(34)37)39-21-5-3-6-22-39/h9-20,25-26H,3-8,21-24H2,1-2H3. The second-order valence-corrected chi connectivity index (χ2v) is 12.0. The van der Waals surface area contributed by atoms with Gasteiger partial charge in [0, 0.05) is 37.6 Å². The zero-order chi connectivity index (χ0) is 27.1. The number of hydrogen-bond donors (Lipinski definition) is 0. The molecule has 0 unspecified atom stereocenters. The van der Waals surface area contributed by atoms with Gasteiger partial charge in [-0.1, -0.05) is 71.8 Å². The van der Waals surface area contributed by atoms with Crippen LogP contribution in [-0.4, -0.2) is 26.2 Å². The molecule has 202 valence electrons. The van der Waals surface area contributed by atoms with E-state index < -0.39 is 0 Å². The Morgan fingerprint density at radius 2 is 0.775 bits per heavy atom. The van der Waals surface area contributed by atoms with Crippen molar-refractivity contribution in [3.8, 4) is 22.3 Å². The third kappa shape index (κ3) is 4.64. The predicted octanol–water partition coefficient (Wildman–Crippen LogP) is 9.92. The summed E-state index contributed by atoms with van der Waals surface area (Å²) in [4.78, 5) is 5.19. The molecule has 0 amide bonds. The molecule has 0 N–H and O–H groups in total. The number of rotatable bonds is 4. The highest BCUT2D eigenvalue weighted by atomic mass is 15.1. The summed E-state index contributed by atoms with van der Waals surface area (Å²) in [7, 11) is 0. The Labute approximate surface area is 239 Å². The molecule has 0 aliphatic carbocycles. The smallest absolute Gasteiger partial charge is 0.0372 e. The molecule has 2 nitrogen and oxygen atoms in total. The molecular weight excluding hydrogens is 484 g/mol. The lowest BCUT2D eigenvalue weighted by Gasteiger charge is -2.30. The lowest BCUT2D eigenvalue weighted by Crippen LogP contribution is -2.29. The van der Waals surface area contributed by atoms with Gasteiger partial charge in [0.25, 0.3) is 0 Å². The van der Waals surface area contributed by atoms with E-state index in [1.165, 1.54) is 105 Å². The molecule has 0 radical (unpaired) electrons. The quantitative estimate of drug-likeness (QED) is 0.216. The fraction of sp³-hybridized carbons (Fsp3) is 0.316. The van der Waals surface area contributed by atoms with E-state index in [0.29, 0.717) is 0 Å². The van der Waals surface area contributed by atoms with Crippen LogP contribution in [0.15, 0.2) is 84.9 Å². The summed E-state index contributed by atoms with van der Waals surface area (Å²) in [6.07, 6.45) is 7.84. The highest BCUT2D eigenvalue weighted by molar-refractivity contribution is 6.22. The number of piperidine rings is 2. The van der Waals surface area contributed by atoms with Gasteiger partial charge in [-0.15, -0.1) is 0 Å². The van der Waals surface area contributed by atoms with E-state index >= 15 is 0 Å². The molecular formula is C38H40N2. The van der Waals surface area contributed by atoms with Gasteiger partial charge in [-0.3, -0.25) is 0 Å². The van der Waals surface area contributed by atoms with E-state index in [1.807, 2.05) is 0 Å². The molecule has 2 saturated heterocycles. The van der Waals surface area contributed by atoms with Gasteiger partial charge in [-0.05, 0) is 120 Å². The topological polar surface area (TPSA) is 6.48 Å². The zero-order valence-electron chi connectivity index (χ0n) is 24.0. The maximum Gasteiger partial charge on any atom is 0.0372 e. The highest BCUT2D eigenvalue weighted by Crippen LogP contribution is 2.46. The van der Waals surface area contributed by atoms with Crippen LogP contribution in [0.2, 0.25) is 0 Å². The summed E-state index contributed by atoms with van der Waals surface area (Å²) >= 11 is 0. The molecule has 40 heavy (non-hydrogen) atoms. The second kappa shape index (κ2) is 10.7. The van der Waals surface area contributed by atoms with Crippen molar-refractivity contribution in [2.45, 2.75) is 52.4 Å². The Balaban J connectivity index is 1.56. The number of fused-ring (bicyclic) bond motifs is 2. The van der Waals surface area contributed by atoms with E-state index in [2.05, 4.69) is 109 Å². The molecule has 0 atom stereocenters. The van der Waals surface area contributed by atoms with Crippen molar-refractivity contribution < 1.29 is 0 Å². The summed E-state index contributed by atoms with van der Waals surface area (Å²) < 4.78 is 0. The van der Waals surface area contributed by atoms with Crippen LogP contribution in [0.1, 0.15) is 49.7 Å². The lowest BCUT2D eigenvalue weighted by atomic mass is 9.85. The minimum atomic E-state index is 1.16. The van der Waals surface area contributed by atoms with Crippen LogP contribution < -0.4 is 9.80 Å². The average molecular weight is 525 g/mol. The van der Waals surface area contributed by atoms with Crippen molar-refractivity contribution in [1.82, 2.24) is 0 Å². The molecule has 2 heterocycles. The summed E-state index contributed by atoms with van der Waals surface area (Å²) in [6.45, 7) is 8.98. The monoisotopic (exact) mass is 524 g/mol. The van der Waals surface area contributed by atoms with Gasteiger partial charge in [0.05, 0.1) is 0 Å². The van der Waals surface area contributed by atoms with Gasteiger partial charge in [-0.2, -0.15) is 0 Å². The van der Waals surface area contributed by atoms with Gasteiger partial charge in [0.2, 0.25) is 0 Å². The molecule has 2 aliphatic heterocycles. The Morgan fingerprint density at radius 3 is 1.15 bits per heavy atom. The summed E-state index contributed by atoms with van der Waals surface area (Å²) in [5.74, 6) is 0. The average Bonchev–Trinajstić information content (AvgIpc) is 3.01. The van der Waals surface area contributed by atoms with E-state index in [9.17, 15) is 0 Å². The number of aryl methyl sites for hydroxylation is 2. The van der Waals surface area contributed by atoms with Crippen molar-refractivity contribution in [2.24, 2.45) is 0 Å². The zero-order valence-corrected chi connectivity index (χ0v) is 24.0. The van der Waals surface area contributed by atoms with Crippen LogP contribution in [-0.2, 0) is 0 Å². The van der Waals surface area contributed by atoms with Crippen LogP contribution >= 0.6 is 0 Å². The Bertz CT molecular complexity index is 1520. The third-order valence-electron chi connectivity index (χ3n) is 9.21. The number of hydrogen-bond acceptors (Lipinski definition) is 2. The van der Waals surface area contributed by atoms with Crippen molar-refractivity contribution in [2.75, 3.05) is 36.0 Å². The number of anilines is 2. The highest BCUT2D eigenvalue weighted by Gasteiger charge is 2.21. The van der Waals surface area contributed by atoms with Gasteiger partial charge in [0.15, 0.2) is 0 Å². The lowest BCUT2D eigenvalue weighted by molar-refractivity contribution is 0.578. The van der Waals surface area contributed by atoms with Crippen LogP contribution in [0.5, 0.6) is 0 Å². The Hall–Kier alpha value is -3.78. The van der Waals surface area contributed by atoms with Crippen LogP contribution in [0.4, 0.5) is 11.4 Å². The first kappa shape index (κ1) is 25.2. The Kier molecular flexibility index (Phi) is 6.71. The van der Waals surface area contributed by atoms with Crippen LogP contribution in [0.25, 0.3) is 43.8 Å². The normalized spacial score (nSPS) is 16.1. The van der Waals surface area contributed by atoms with E-state index in [4.69, 9.17) is 0 Å². The molecule has 0 aromatic heterocycles.